The van der Waals surface area contributed by atoms with Crippen LogP contribution in [-0.4, -0.2) is 19.7 Å². The molecule has 1 atom stereocenters. The Balaban J connectivity index is 2.21. The van der Waals surface area contributed by atoms with E-state index >= 15 is 0 Å². The van der Waals surface area contributed by atoms with Crippen LogP contribution in [-0.2, 0) is 12.8 Å². The van der Waals surface area contributed by atoms with Gasteiger partial charge < -0.3 is 10.1 Å². The van der Waals surface area contributed by atoms with Crippen molar-refractivity contribution in [1.82, 2.24) is 5.32 Å². The van der Waals surface area contributed by atoms with Crippen LogP contribution in [0, 0.1) is 5.82 Å². The molecule has 2 nitrogen and oxygen atoms in total. The Bertz CT molecular complexity index is 400. The van der Waals surface area contributed by atoms with E-state index in [9.17, 15) is 4.39 Å². The highest BCUT2D eigenvalue weighted by molar-refractivity contribution is 5.41. The molecule has 3 heteroatoms. The number of rotatable bonds is 4. The van der Waals surface area contributed by atoms with Crippen LogP contribution in [0.25, 0.3) is 0 Å². The molecule has 0 radical (unpaired) electrons. The van der Waals surface area contributed by atoms with Gasteiger partial charge in [0.15, 0.2) is 0 Å². The van der Waals surface area contributed by atoms with Crippen LogP contribution in [0.1, 0.15) is 37.3 Å². The summed E-state index contributed by atoms with van der Waals surface area (Å²) in [6.07, 6.45) is 5.49. The standard InChI is InChI=1S/C15H22FNO/c1-3-14-11(8-12(16)10-15(14)18-2)9-13-6-4-5-7-17-13/h8,10,13,17H,3-7,9H2,1-2H3. The van der Waals surface area contributed by atoms with Crippen molar-refractivity contribution in [2.75, 3.05) is 13.7 Å². The molecule has 2 rings (SSSR count). The zero-order chi connectivity index (χ0) is 13.0. The van der Waals surface area contributed by atoms with Gasteiger partial charge in [0.1, 0.15) is 11.6 Å². The largest absolute Gasteiger partial charge is 0.496 e. The van der Waals surface area contributed by atoms with Gasteiger partial charge in [-0.05, 0) is 49.4 Å². The summed E-state index contributed by atoms with van der Waals surface area (Å²) in [5.74, 6) is 0.484. The summed E-state index contributed by atoms with van der Waals surface area (Å²) in [7, 11) is 1.61. The maximum atomic E-state index is 13.6. The average Bonchev–Trinajstić information content (AvgIpc) is 2.39. The molecule has 1 fully saturated rings. The molecule has 1 saturated heterocycles. The maximum Gasteiger partial charge on any atom is 0.127 e. The number of ether oxygens (including phenoxy) is 1. The molecule has 18 heavy (non-hydrogen) atoms. The fraction of sp³-hybridized carbons (Fsp3) is 0.600. The molecule has 100 valence electrons. The van der Waals surface area contributed by atoms with Gasteiger partial charge in [-0.1, -0.05) is 13.3 Å². The summed E-state index contributed by atoms with van der Waals surface area (Å²) in [5, 5.41) is 3.51. The normalized spacial score (nSPS) is 19.8. The van der Waals surface area contributed by atoms with E-state index in [1.54, 1.807) is 13.2 Å². The summed E-state index contributed by atoms with van der Waals surface area (Å²) >= 11 is 0. The van der Waals surface area contributed by atoms with Crippen LogP contribution in [0.5, 0.6) is 5.75 Å². The summed E-state index contributed by atoms with van der Waals surface area (Å²) in [6, 6.07) is 3.63. The molecular formula is C15H22FNO. The van der Waals surface area contributed by atoms with E-state index in [0.717, 1.165) is 30.5 Å². The molecule has 0 aromatic heterocycles. The van der Waals surface area contributed by atoms with Crippen molar-refractivity contribution in [2.45, 2.75) is 45.1 Å². The minimum atomic E-state index is -0.199. The maximum absolute atomic E-state index is 13.6. The van der Waals surface area contributed by atoms with Gasteiger partial charge >= 0.3 is 0 Å². The highest BCUT2D eigenvalue weighted by atomic mass is 19.1. The molecule has 1 unspecified atom stereocenters. The smallest absolute Gasteiger partial charge is 0.127 e. The van der Waals surface area contributed by atoms with Crippen molar-refractivity contribution in [3.8, 4) is 5.75 Å². The third kappa shape index (κ3) is 3.02. The second-order valence-corrected chi connectivity index (χ2v) is 4.95. The Morgan fingerprint density at radius 1 is 1.39 bits per heavy atom. The van der Waals surface area contributed by atoms with Crippen molar-refractivity contribution in [1.29, 1.82) is 0 Å². The molecule has 1 aliphatic rings. The SMILES string of the molecule is CCc1c(CC2CCCCN2)cc(F)cc1OC. The van der Waals surface area contributed by atoms with E-state index in [1.165, 1.54) is 25.3 Å². The molecule has 1 aromatic rings. The van der Waals surface area contributed by atoms with Crippen LogP contribution < -0.4 is 10.1 Å². The van der Waals surface area contributed by atoms with E-state index in [2.05, 4.69) is 12.2 Å². The van der Waals surface area contributed by atoms with Crippen molar-refractivity contribution in [3.63, 3.8) is 0 Å². The monoisotopic (exact) mass is 251 g/mol. The van der Waals surface area contributed by atoms with Crippen molar-refractivity contribution < 1.29 is 9.13 Å². The molecule has 0 saturated carbocycles. The number of hydrogen-bond acceptors (Lipinski definition) is 2. The van der Waals surface area contributed by atoms with Crippen LogP contribution >= 0.6 is 0 Å². The minimum Gasteiger partial charge on any atom is -0.496 e. The van der Waals surface area contributed by atoms with Gasteiger partial charge in [0.2, 0.25) is 0 Å². The minimum absolute atomic E-state index is 0.199. The number of halogens is 1. The predicted octanol–water partition coefficient (Wildman–Crippen LogP) is 3.08. The number of methoxy groups -OCH3 is 1. The lowest BCUT2D eigenvalue weighted by Crippen LogP contribution is -2.35. The molecule has 0 bridgehead atoms. The van der Waals surface area contributed by atoms with E-state index < -0.39 is 0 Å². The van der Waals surface area contributed by atoms with E-state index in [1.807, 2.05) is 0 Å². The highest BCUT2D eigenvalue weighted by Crippen LogP contribution is 2.26. The van der Waals surface area contributed by atoms with Crippen LogP contribution in [0.15, 0.2) is 12.1 Å². The van der Waals surface area contributed by atoms with Crippen molar-refractivity contribution in [3.05, 3.63) is 29.1 Å². The van der Waals surface area contributed by atoms with E-state index in [-0.39, 0.29) is 5.82 Å². The molecule has 0 amide bonds. The summed E-state index contributed by atoms with van der Waals surface area (Å²) < 4.78 is 18.9. The number of hydrogen-bond donors (Lipinski definition) is 1. The zero-order valence-corrected chi connectivity index (χ0v) is 11.3. The topological polar surface area (TPSA) is 21.3 Å². The van der Waals surface area contributed by atoms with Crippen molar-refractivity contribution >= 4 is 0 Å². The molecule has 0 aliphatic carbocycles. The first-order valence-electron chi connectivity index (χ1n) is 6.83. The summed E-state index contributed by atoms with van der Waals surface area (Å²) in [6.45, 7) is 3.17. The quantitative estimate of drug-likeness (QED) is 0.888. The first-order valence-corrected chi connectivity index (χ1v) is 6.83. The van der Waals surface area contributed by atoms with Gasteiger partial charge in [-0.2, -0.15) is 0 Å². The molecule has 1 N–H and O–H groups in total. The lowest BCUT2D eigenvalue weighted by Gasteiger charge is -2.25. The third-order valence-electron chi connectivity index (χ3n) is 3.72. The van der Waals surface area contributed by atoms with Gasteiger partial charge in [0, 0.05) is 12.1 Å². The summed E-state index contributed by atoms with van der Waals surface area (Å²) in [4.78, 5) is 0. The Labute approximate surface area is 109 Å². The van der Waals surface area contributed by atoms with Crippen LogP contribution in [0.4, 0.5) is 4.39 Å². The zero-order valence-electron chi connectivity index (χ0n) is 11.3. The predicted molar refractivity (Wildman–Crippen MR) is 71.7 cm³/mol. The number of piperidine rings is 1. The Hall–Kier alpha value is -1.09. The fourth-order valence-corrected chi connectivity index (χ4v) is 2.80. The van der Waals surface area contributed by atoms with Gasteiger partial charge in [-0.15, -0.1) is 0 Å². The lowest BCUT2D eigenvalue weighted by atomic mass is 9.93. The highest BCUT2D eigenvalue weighted by Gasteiger charge is 2.17. The van der Waals surface area contributed by atoms with Crippen molar-refractivity contribution in [2.24, 2.45) is 0 Å². The molecular weight excluding hydrogens is 229 g/mol. The second-order valence-electron chi connectivity index (χ2n) is 4.95. The second kappa shape index (κ2) is 6.19. The first kappa shape index (κ1) is 13.3. The molecule has 1 heterocycles. The fourth-order valence-electron chi connectivity index (χ4n) is 2.80. The molecule has 0 spiro atoms. The Kier molecular flexibility index (Phi) is 4.59. The van der Waals surface area contributed by atoms with Gasteiger partial charge in [-0.25, -0.2) is 4.39 Å². The Morgan fingerprint density at radius 2 is 2.22 bits per heavy atom. The van der Waals surface area contributed by atoms with Gasteiger partial charge in [0.05, 0.1) is 7.11 Å². The third-order valence-corrected chi connectivity index (χ3v) is 3.72. The number of nitrogens with one attached hydrogen (secondary N) is 1. The average molecular weight is 251 g/mol. The molecule has 1 aromatic carbocycles. The lowest BCUT2D eigenvalue weighted by molar-refractivity contribution is 0.391. The van der Waals surface area contributed by atoms with Crippen LogP contribution in [0.3, 0.4) is 0 Å². The summed E-state index contributed by atoms with van der Waals surface area (Å²) in [5.41, 5.74) is 2.24. The first-order chi connectivity index (χ1) is 8.74. The Morgan fingerprint density at radius 3 is 2.83 bits per heavy atom. The number of benzene rings is 1. The van der Waals surface area contributed by atoms with E-state index in [0.29, 0.717) is 11.8 Å². The van der Waals surface area contributed by atoms with E-state index in [4.69, 9.17) is 4.74 Å². The molecule has 1 aliphatic heterocycles. The van der Waals surface area contributed by atoms with Crippen LogP contribution in [0.2, 0.25) is 0 Å². The van der Waals surface area contributed by atoms with Gasteiger partial charge in [0.25, 0.3) is 0 Å². The van der Waals surface area contributed by atoms with Gasteiger partial charge in [-0.3, -0.25) is 0 Å².